The van der Waals surface area contributed by atoms with E-state index in [1.54, 1.807) is 0 Å². The van der Waals surface area contributed by atoms with Crippen molar-refractivity contribution in [3.05, 3.63) is 29.0 Å². The Morgan fingerprint density at radius 1 is 1.50 bits per heavy atom. The molecule has 2 unspecified atom stereocenters. The molecular weight excluding hydrogens is 303 g/mol. The summed E-state index contributed by atoms with van der Waals surface area (Å²) in [6, 6.07) is 3.08. The van der Waals surface area contributed by atoms with Crippen molar-refractivity contribution >= 4 is 21.6 Å². The van der Waals surface area contributed by atoms with Crippen LogP contribution in [0.3, 0.4) is 0 Å². The predicted octanol–water partition coefficient (Wildman–Crippen LogP) is 2.15. The molecule has 0 aliphatic carbocycles. The van der Waals surface area contributed by atoms with Crippen LogP contribution in [0, 0.1) is 11.7 Å². The van der Waals surface area contributed by atoms with E-state index in [0.717, 1.165) is 38.1 Å². The molecule has 2 N–H and O–H groups in total. The molecule has 112 valence electrons. The smallest absolute Gasteiger partial charge is 0.242 e. The van der Waals surface area contributed by atoms with Gasteiger partial charge in [0.25, 0.3) is 0 Å². The lowest BCUT2D eigenvalue weighted by atomic mass is 9.94. The lowest BCUT2D eigenvalue weighted by molar-refractivity contribution is 0.320. The number of hydrogen-bond donors (Lipinski definition) is 2. The van der Waals surface area contributed by atoms with E-state index in [1.165, 1.54) is 6.07 Å². The Morgan fingerprint density at radius 3 is 2.85 bits per heavy atom. The number of sulfonamides is 1. The molecule has 2 atom stereocenters. The van der Waals surface area contributed by atoms with E-state index < -0.39 is 15.8 Å². The quantitative estimate of drug-likeness (QED) is 0.893. The molecule has 1 aromatic carbocycles. The second-order valence-corrected chi connectivity index (χ2v) is 7.18. The molecule has 1 aromatic rings. The molecule has 1 saturated heterocycles. The van der Waals surface area contributed by atoms with Crippen molar-refractivity contribution in [2.45, 2.75) is 30.7 Å². The SMILES string of the molecule is CC(NS(=O)(=O)c1ccc(F)cc1Cl)C1CCCNC1. The number of rotatable bonds is 4. The number of hydrogen-bond acceptors (Lipinski definition) is 3. The molecule has 4 nitrogen and oxygen atoms in total. The fourth-order valence-electron chi connectivity index (χ4n) is 2.40. The molecule has 0 amide bonds. The van der Waals surface area contributed by atoms with Crippen LogP contribution < -0.4 is 10.0 Å². The van der Waals surface area contributed by atoms with Gasteiger partial charge in [0.15, 0.2) is 0 Å². The Morgan fingerprint density at radius 2 is 2.25 bits per heavy atom. The van der Waals surface area contributed by atoms with Gasteiger partial charge < -0.3 is 5.32 Å². The first-order valence-electron chi connectivity index (χ1n) is 6.58. The molecule has 2 rings (SSSR count). The second-order valence-electron chi connectivity index (χ2n) is 5.09. The van der Waals surface area contributed by atoms with Crippen LogP contribution in [0.4, 0.5) is 4.39 Å². The summed E-state index contributed by atoms with van der Waals surface area (Å²) < 4.78 is 40.2. The summed E-state index contributed by atoms with van der Waals surface area (Å²) in [6.07, 6.45) is 2.02. The highest BCUT2D eigenvalue weighted by molar-refractivity contribution is 7.89. The summed E-state index contributed by atoms with van der Waals surface area (Å²) in [5.41, 5.74) is 0. The topological polar surface area (TPSA) is 58.2 Å². The monoisotopic (exact) mass is 320 g/mol. The number of benzene rings is 1. The first-order chi connectivity index (χ1) is 9.40. The summed E-state index contributed by atoms with van der Waals surface area (Å²) in [4.78, 5) is -0.0869. The molecule has 1 aliphatic rings. The van der Waals surface area contributed by atoms with Gasteiger partial charge in [-0.15, -0.1) is 0 Å². The van der Waals surface area contributed by atoms with Gasteiger partial charge >= 0.3 is 0 Å². The average Bonchev–Trinajstić information content (AvgIpc) is 2.38. The highest BCUT2D eigenvalue weighted by atomic mass is 35.5. The molecule has 0 spiro atoms. The average molecular weight is 321 g/mol. The summed E-state index contributed by atoms with van der Waals surface area (Å²) in [5, 5.41) is 3.14. The minimum atomic E-state index is -3.73. The summed E-state index contributed by atoms with van der Waals surface area (Å²) in [5.74, 6) is -0.309. The molecule has 0 aromatic heterocycles. The Bertz CT molecular complexity index is 574. The summed E-state index contributed by atoms with van der Waals surface area (Å²) >= 11 is 5.81. The lowest BCUT2D eigenvalue weighted by Crippen LogP contribution is -2.44. The third-order valence-corrected chi connectivity index (χ3v) is 5.61. The van der Waals surface area contributed by atoms with Crippen LogP contribution in [-0.4, -0.2) is 27.5 Å². The fraction of sp³-hybridized carbons (Fsp3) is 0.538. The van der Waals surface area contributed by atoms with Crippen molar-refractivity contribution in [2.24, 2.45) is 5.92 Å². The maximum absolute atomic E-state index is 13.0. The number of halogens is 2. The van der Waals surface area contributed by atoms with Crippen molar-refractivity contribution in [2.75, 3.05) is 13.1 Å². The van der Waals surface area contributed by atoms with Crippen LogP contribution in [0.2, 0.25) is 5.02 Å². The zero-order valence-corrected chi connectivity index (χ0v) is 12.8. The first kappa shape index (κ1) is 15.7. The van der Waals surface area contributed by atoms with Gasteiger partial charge in [0.1, 0.15) is 10.7 Å². The van der Waals surface area contributed by atoms with Gasteiger partial charge in [-0.25, -0.2) is 17.5 Å². The van der Waals surface area contributed by atoms with E-state index in [4.69, 9.17) is 11.6 Å². The molecule has 0 radical (unpaired) electrons. The molecular formula is C13H18ClFN2O2S. The van der Waals surface area contributed by atoms with Gasteiger partial charge in [-0.2, -0.15) is 0 Å². The van der Waals surface area contributed by atoms with E-state index in [9.17, 15) is 12.8 Å². The maximum atomic E-state index is 13.0. The number of nitrogens with one attached hydrogen (secondary N) is 2. The Labute approximate surface area is 123 Å². The van der Waals surface area contributed by atoms with Crippen LogP contribution in [0.1, 0.15) is 19.8 Å². The van der Waals surface area contributed by atoms with E-state index in [-0.39, 0.29) is 21.9 Å². The molecule has 0 saturated carbocycles. The molecule has 1 heterocycles. The van der Waals surface area contributed by atoms with Crippen molar-refractivity contribution in [3.8, 4) is 0 Å². The van der Waals surface area contributed by atoms with E-state index in [2.05, 4.69) is 10.0 Å². The van der Waals surface area contributed by atoms with Gasteiger partial charge in [-0.3, -0.25) is 0 Å². The third-order valence-electron chi connectivity index (χ3n) is 3.57. The fourth-order valence-corrected chi connectivity index (χ4v) is 4.25. The largest absolute Gasteiger partial charge is 0.316 e. The zero-order chi connectivity index (χ0) is 14.8. The van der Waals surface area contributed by atoms with Crippen molar-refractivity contribution in [1.29, 1.82) is 0 Å². The minimum absolute atomic E-state index is 0.0869. The normalized spacial score (nSPS) is 21.6. The molecule has 1 fully saturated rings. The Hall–Kier alpha value is -0.690. The van der Waals surface area contributed by atoms with Gasteiger partial charge in [-0.05, 0) is 57.0 Å². The highest BCUT2D eigenvalue weighted by Crippen LogP contribution is 2.23. The van der Waals surface area contributed by atoms with Crippen LogP contribution in [0.15, 0.2) is 23.1 Å². The molecule has 0 bridgehead atoms. The van der Waals surface area contributed by atoms with Crippen molar-refractivity contribution in [3.63, 3.8) is 0 Å². The predicted molar refractivity (Wildman–Crippen MR) is 76.8 cm³/mol. The maximum Gasteiger partial charge on any atom is 0.242 e. The van der Waals surface area contributed by atoms with E-state index >= 15 is 0 Å². The third kappa shape index (κ3) is 3.69. The van der Waals surface area contributed by atoms with Crippen LogP contribution >= 0.6 is 11.6 Å². The van der Waals surface area contributed by atoms with Gasteiger partial charge in [0.05, 0.1) is 5.02 Å². The van der Waals surface area contributed by atoms with E-state index in [0.29, 0.717) is 0 Å². The molecule has 7 heteroatoms. The number of piperidine rings is 1. The van der Waals surface area contributed by atoms with Gasteiger partial charge in [0.2, 0.25) is 10.0 Å². The molecule has 20 heavy (non-hydrogen) atoms. The zero-order valence-electron chi connectivity index (χ0n) is 11.2. The van der Waals surface area contributed by atoms with Gasteiger partial charge in [-0.1, -0.05) is 11.6 Å². The van der Waals surface area contributed by atoms with E-state index in [1.807, 2.05) is 6.92 Å². The standard InChI is InChI=1S/C13H18ClFN2O2S/c1-9(10-3-2-6-16-8-10)17-20(18,19)13-5-4-11(15)7-12(13)14/h4-5,7,9-10,16-17H,2-3,6,8H2,1H3. The van der Waals surface area contributed by atoms with Crippen molar-refractivity contribution in [1.82, 2.24) is 10.0 Å². The van der Waals surface area contributed by atoms with Gasteiger partial charge in [0, 0.05) is 6.04 Å². The lowest BCUT2D eigenvalue weighted by Gasteiger charge is -2.28. The first-order valence-corrected chi connectivity index (χ1v) is 8.44. The minimum Gasteiger partial charge on any atom is -0.316 e. The van der Waals surface area contributed by atoms with Crippen molar-refractivity contribution < 1.29 is 12.8 Å². The summed E-state index contributed by atoms with van der Waals surface area (Å²) in [6.45, 7) is 3.60. The molecule has 1 aliphatic heterocycles. The van der Waals surface area contributed by atoms with Crippen LogP contribution in [0.25, 0.3) is 0 Å². The summed E-state index contributed by atoms with van der Waals surface area (Å²) in [7, 11) is -3.73. The van der Waals surface area contributed by atoms with Crippen LogP contribution in [-0.2, 0) is 10.0 Å². The Kier molecular flexibility index (Phi) is 5.01. The highest BCUT2D eigenvalue weighted by Gasteiger charge is 2.26. The Balaban J connectivity index is 2.13. The second kappa shape index (κ2) is 6.39. The van der Waals surface area contributed by atoms with Crippen LogP contribution in [0.5, 0.6) is 0 Å².